The molecule has 0 saturated carbocycles. The van der Waals surface area contributed by atoms with Crippen LogP contribution in [-0.4, -0.2) is 25.9 Å². The van der Waals surface area contributed by atoms with Gasteiger partial charge in [-0.05, 0) is 32.0 Å². The molecule has 0 atom stereocenters. The molecule has 0 aliphatic carbocycles. The normalized spacial score (nSPS) is 10.7. The number of aryl methyl sites for hydroxylation is 2. The molecule has 3 aromatic rings. The summed E-state index contributed by atoms with van der Waals surface area (Å²) >= 11 is 7.36. The fourth-order valence-corrected chi connectivity index (χ4v) is 2.72. The van der Waals surface area contributed by atoms with Crippen molar-refractivity contribution in [3.8, 4) is 5.69 Å². The molecule has 3 rings (SSSR count). The number of rotatable bonds is 3. The van der Waals surface area contributed by atoms with Gasteiger partial charge in [0.2, 0.25) is 0 Å². The predicted molar refractivity (Wildman–Crippen MR) is 85.9 cm³/mol. The number of halogens is 1. The highest BCUT2D eigenvalue weighted by Crippen LogP contribution is 2.18. The SMILES string of the molecule is Cc1cnc(NC(=O)c2nn(-c3cccc(Cl)c3)nc2C)s1. The van der Waals surface area contributed by atoms with Gasteiger partial charge in [-0.1, -0.05) is 17.7 Å². The van der Waals surface area contributed by atoms with Crippen molar-refractivity contribution in [1.82, 2.24) is 20.0 Å². The first-order valence-electron chi connectivity index (χ1n) is 6.46. The number of anilines is 1. The van der Waals surface area contributed by atoms with Gasteiger partial charge in [0, 0.05) is 16.1 Å². The van der Waals surface area contributed by atoms with E-state index in [1.54, 1.807) is 31.3 Å². The monoisotopic (exact) mass is 333 g/mol. The molecule has 1 aromatic carbocycles. The molecule has 0 saturated heterocycles. The number of nitrogens with zero attached hydrogens (tertiary/aromatic N) is 4. The third-order valence-corrected chi connectivity index (χ3v) is 3.94. The average molecular weight is 334 g/mol. The van der Waals surface area contributed by atoms with Gasteiger partial charge in [-0.3, -0.25) is 10.1 Å². The van der Waals surface area contributed by atoms with Crippen molar-refractivity contribution in [2.45, 2.75) is 13.8 Å². The van der Waals surface area contributed by atoms with Crippen LogP contribution in [0.15, 0.2) is 30.5 Å². The Morgan fingerprint density at radius 3 is 2.82 bits per heavy atom. The highest BCUT2D eigenvalue weighted by Gasteiger charge is 2.17. The van der Waals surface area contributed by atoms with Crippen molar-refractivity contribution in [1.29, 1.82) is 0 Å². The Bertz CT molecular complexity index is 841. The number of benzene rings is 1. The van der Waals surface area contributed by atoms with Crippen LogP contribution in [0.2, 0.25) is 5.02 Å². The van der Waals surface area contributed by atoms with Gasteiger partial charge in [0.25, 0.3) is 5.91 Å². The first-order valence-corrected chi connectivity index (χ1v) is 7.66. The Morgan fingerprint density at radius 2 is 2.14 bits per heavy atom. The van der Waals surface area contributed by atoms with Gasteiger partial charge in [-0.2, -0.15) is 9.90 Å². The van der Waals surface area contributed by atoms with Crippen LogP contribution in [0.1, 0.15) is 21.1 Å². The van der Waals surface area contributed by atoms with Crippen molar-refractivity contribution in [2.24, 2.45) is 0 Å². The molecule has 0 unspecified atom stereocenters. The second kappa shape index (κ2) is 5.86. The van der Waals surface area contributed by atoms with Crippen LogP contribution in [0, 0.1) is 13.8 Å². The molecule has 0 bridgehead atoms. The quantitative estimate of drug-likeness (QED) is 0.798. The zero-order valence-corrected chi connectivity index (χ0v) is 13.4. The largest absolute Gasteiger partial charge is 0.296 e. The topological polar surface area (TPSA) is 72.7 Å². The maximum atomic E-state index is 12.3. The van der Waals surface area contributed by atoms with Crippen molar-refractivity contribution in [2.75, 3.05) is 5.32 Å². The van der Waals surface area contributed by atoms with Gasteiger partial charge in [0.15, 0.2) is 10.8 Å². The minimum atomic E-state index is -0.333. The Kier molecular flexibility index (Phi) is 3.91. The van der Waals surface area contributed by atoms with E-state index in [1.807, 2.05) is 13.0 Å². The van der Waals surface area contributed by atoms with E-state index in [1.165, 1.54) is 16.1 Å². The van der Waals surface area contributed by atoms with E-state index in [9.17, 15) is 4.79 Å². The predicted octanol–water partition coefficient (Wildman–Crippen LogP) is 3.25. The van der Waals surface area contributed by atoms with Gasteiger partial charge < -0.3 is 0 Å². The highest BCUT2D eigenvalue weighted by molar-refractivity contribution is 7.15. The van der Waals surface area contributed by atoms with Crippen LogP contribution in [0.25, 0.3) is 5.69 Å². The van der Waals surface area contributed by atoms with E-state index in [0.717, 1.165) is 4.88 Å². The lowest BCUT2D eigenvalue weighted by Crippen LogP contribution is -2.14. The van der Waals surface area contributed by atoms with Gasteiger partial charge in [-0.15, -0.1) is 16.4 Å². The van der Waals surface area contributed by atoms with Crippen LogP contribution in [0.5, 0.6) is 0 Å². The van der Waals surface area contributed by atoms with Gasteiger partial charge >= 0.3 is 0 Å². The molecule has 0 aliphatic heterocycles. The molecule has 0 fully saturated rings. The van der Waals surface area contributed by atoms with Crippen molar-refractivity contribution in [3.63, 3.8) is 0 Å². The number of carbonyl (C=O) groups excluding carboxylic acids is 1. The summed E-state index contributed by atoms with van der Waals surface area (Å²) in [4.78, 5) is 18.8. The highest BCUT2D eigenvalue weighted by atomic mass is 35.5. The summed E-state index contributed by atoms with van der Waals surface area (Å²) in [6.07, 6.45) is 1.70. The van der Waals surface area contributed by atoms with Gasteiger partial charge in [0.05, 0.1) is 11.4 Å². The number of aromatic nitrogens is 4. The van der Waals surface area contributed by atoms with E-state index in [4.69, 9.17) is 11.6 Å². The molecule has 112 valence electrons. The summed E-state index contributed by atoms with van der Waals surface area (Å²) in [6.45, 7) is 3.66. The fraction of sp³-hybridized carbons (Fsp3) is 0.143. The number of thiazole rings is 1. The second-order valence-corrected chi connectivity index (χ2v) is 6.30. The maximum absolute atomic E-state index is 12.3. The molecule has 1 N–H and O–H groups in total. The standard InChI is InChI=1S/C14H12ClN5OS/c1-8-7-16-14(22-8)17-13(21)12-9(2)18-20(19-12)11-5-3-4-10(15)6-11/h3-7H,1-2H3,(H,16,17,21). The maximum Gasteiger partial charge on any atom is 0.279 e. The summed E-state index contributed by atoms with van der Waals surface area (Å²) in [7, 11) is 0. The minimum Gasteiger partial charge on any atom is -0.296 e. The molecule has 22 heavy (non-hydrogen) atoms. The Hall–Kier alpha value is -2.25. The summed E-state index contributed by atoms with van der Waals surface area (Å²) < 4.78 is 0. The lowest BCUT2D eigenvalue weighted by atomic mass is 10.3. The Balaban J connectivity index is 1.87. The van der Waals surface area contributed by atoms with Crippen molar-refractivity contribution in [3.05, 3.63) is 51.7 Å². The van der Waals surface area contributed by atoms with E-state index in [-0.39, 0.29) is 11.6 Å². The minimum absolute atomic E-state index is 0.257. The van der Waals surface area contributed by atoms with Crippen LogP contribution < -0.4 is 5.32 Å². The molecule has 1 amide bonds. The van der Waals surface area contributed by atoms with Gasteiger partial charge in [0.1, 0.15) is 0 Å². The molecule has 0 radical (unpaired) electrons. The third kappa shape index (κ3) is 3.00. The first-order chi connectivity index (χ1) is 10.5. The lowest BCUT2D eigenvalue weighted by Gasteiger charge is -1.99. The Morgan fingerprint density at radius 1 is 1.32 bits per heavy atom. The zero-order chi connectivity index (χ0) is 15.7. The van der Waals surface area contributed by atoms with E-state index in [2.05, 4.69) is 20.5 Å². The summed E-state index contributed by atoms with van der Waals surface area (Å²) in [5, 5.41) is 12.3. The third-order valence-electron chi connectivity index (χ3n) is 2.88. The van der Waals surface area contributed by atoms with E-state index < -0.39 is 0 Å². The van der Waals surface area contributed by atoms with E-state index in [0.29, 0.717) is 21.5 Å². The molecule has 0 spiro atoms. The number of amides is 1. The van der Waals surface area contributed by atoms with Crippen molar-refractivity contribution < 1.29 is 4.79 Å². The Labute approximate surface area is 135 Å². The number of hydrogen-bond donors (Lipinski definition) is 1. The van der Waals surface area contributed by atoms with Gasteiger partial charge in [-0.25, -0.2) is 4.98 Å². The molecular weight excluding hydrogens is 322 g/mol. The second-order valence-electron chi connectivity index (χ2n) is 4.63. The van der Waals surface area contributed by atoms with E-state index >= 15 is 0 Å². The number of carbonyl (C=O) groups is 1. The summed E-state index contributed by atoms with van der Waals surface area (Å²) in [6, 6.07) is 7.11. The average Bonchev–Trinajstić information content (AvgIpc) is 3.05. The molecule has 2 aromatic heterocycles. The molecule has 2 heterocycles. The molecule has 0 aliphatic rings. The van der Waals surface area contributed by atoms with Crippen LogP contribution >= 0.6 is 22.9 Å². The van der Waals surface area contributed by atoms with Crippen LogP contribution in [0.3, 0.4) is 0 Å². The fourth-order valence-electron chi connectivity index (χ4n) is 1.87. The first kappa shape index (κ1) is 14.7. The molecule has 6 nitrogen and oxygen atoms in total. The summed E-state index contributed by atoms with van der Waals surface area (Å²) in [5.74, 6) is -0.333. The number of hydrogen-bond acceptors (Lipinski definition) is 5. The van der Waals surface area contributed by atoms with Crippen LogP contribution in [0.4, 0.5) is 5.13 Å². The van der Waals surface area contributed by atoms with Crippen molar-refractivity contribution >= 4 is 34.0 Å². The number of nitrogens with one attached hydrogen (secondary N) is 1. The smallest absolute Gasteiger partial charge is 0.279 e. The zero-order valence-electron chi connectivity index (χ0n) is 11.9. The van der Waals surface area contributed by atoms with Crippen LogP contribution in [-0.2, 0) is 0 Å². The molecular formula is C14H12ClN5OS. The molecule has 8 heteroatoms. The summed E-state index contributed by atoms with van der Waals surface area (Å²) in [5.41, 5.74) is 1.48. The lowest BCUT2D eigenvalue weighted by molar-refractivity contribution is 0.102.